The summed E-state index contributed by atoms with van der Waals surface area (Å²) in [5.74, 6) is -1.70. The minimum absolute atomic E-state index is 0.0994. The number of aromatic nitrogens is 3. The van der Waals surface area contributed by atoms with Crippen LogP contribution in [0.5, 0.6) is 0 Å². The van der Waals surface area contributed by atoms with Crippen molar-refractivity contribution < 1.29 is 19.5 Å². The van der Waals surface area contributed by atoms with Crippen LogP contribution in [-0.4, -0.2) is 32.0 Å². The van der Waals surface area contributed by atoms with Crippen LogP contribution in [0.4, 0.5) is 0 Å². The number of aromatic carboxylic acids is 1. The van der Waals surface area contributed by atoms with Crippen molar-refractivity contribution in [2.75, 3.05) is 0 Å². The first-order valence-electron chi connectivity index (χ1n) is 4.57. The first-order chi connectivity index (χ1) is 8.16. The van der Waals surface area contributed by atoms with Crippen molar-refractivity contribution in [3.8, 4) is 0 Å². The van der Waals surface area contributed by atoms with Gasteiger partial charge in [0.05, 0.1) is 11.1 Å². The number of carbonyl (C=O) groups is 2. The van der Waals surface area contributed by atoms with Crippen LogP contribution in [-0.2, 0) is 0 Å². The lowest BCUT2D eigenvalue weighted by Gasteiger charge is -2.02. The molecule has 0 saturated carbocycles. The summed E-state index contributed by atoms with van der Waals surface area (Å²) in [7, 11) is 0. The van der Waals surface area contributed by atoms with Crippen LogP contribution in [0.1, 0.15) is 20.7 Å². The maximum Gasteiger partial charge on any atom is 0.365 e. The van der Waals surface area contributed by atoms with E-state index in [1.165, 1.54) is 36.9 Å². The van der Waals surface area contributed by atoms with Gasteiger partial charge in [0.15, 0.2) is 6.33 Å². The third-order valence-electron chi connectivity index (χ3n) is 1.94. The molecule has 0 amide bonds. The minimum atomic E-state index is -1.05. The van der Waals surface area contributed by atoms with Gasteiger partial charge in [-0.15, -0.1) is 5.10 Å². The van der Waals surface area contributed by atoms with E-state index in [0.717, 1.165) is 4.85 Å². The highest BCUT2D eigenvalue weighted by Crippen LogP contribution is 2.04. The van der Waals surface area contributed by atoms with Gasteiger partial charge in [-0.05, 0) is 24.3 Å². The van der Waals surface area contributed by atoms with E-state index in [4.69, 9.17) is 9.94 Å². The summed E-state index contributed by atoms with van der Waals surface area (Å²) in [5, 5.41) is 12.3. The summed E-state index contributed by atoms with van der Waals surface area (Å²) in [5.41, 5.74) is 0.327. The topological polar surface area (TPSA) is 94.3 Å². The second-order valence-corrected chi connectivity index (χ2v) is 3.06. The predicted molar refractivity (Wildman–Crippen MR) is 54.3 cm³/mol. The smallest absolute Gasteiger partial charge is 0.365 e. The van der Waals surface area contributed by atoms with Crippen molar-refractivity contribution in [3.63, 3.8) is 0 Å². The highest BCUT2D eigenvalue weighted by molar-refractivity contribution is 5.92. The average molecular weight is 233 g/mol. The van der Waals surface area contributed by atoms with Crippen LogP contribution in [0.25, 0.3) is 0 Å². The fourth-order valence-electron chi connectivity index (χ4n) is 1.13. The highest BCUT2D eigenvalue weighted by Gasteiger charge is 2.10. The van der Waals surface area contributed by atoms with Gasteiger partial charge >= 0.3 is 11.9 Å². The van der Waals surface area contributed by atoms with Crippen LogP contribution >= 0.6 is 0 Å². The quantitative estimate of drug-likeness (QED) is 0.816. The molecular formula is C10H7N3O4. The van der Waals surface area contributed by atoms with Gasteiger partial charge in [0.25, 0.3) is 0 Å². The van der Waals surface area contributed by atoms with E-state index in [-0.39, 0.29) is 11.1 Å². The van der Waals surface area contributed by atoms with E-state index in [1.54, 1.807) is 0 Å². The Labute approximate surface area is 95.2 Å². The molecule has 0 fully saturated rings. The third kappa shape index (κ3) is 2.46. The van der Waals surface area contributed by atoms with Crippen LogP contribution in [0, 0.1) is 0 Å². The van der Waals surface area contributed by atoms with Crippen molar-refractivity contribution in [2.24, 2.45) is 0 Å². The summed E-state index contributed by atoms with van der Waals surface area (Å²) in [4.78, 5) is 31.4. The van der Waals surface area contributed by atoms with Crippen molar-refractivity contribution in [3.05, 3.63) is 48.0 Å². The Morgan fingerprint density at radius 1 is 1.18 bits per heavy atom. The van der Waals surface area contributed by atoms with E-state index in [9.17, 15) is 9.59 Å². The first kappa shape index (κ1) is 10.8. The molecule has 2 rings (SSSR count). The van der Waals surface area contributed by atoms with E-state index >= 15 is 0 Å². The highest BCUT2D eigenvalue weighted by atomic mass is 16.7. The Balaban J connectivity index is 2.12. The number of carbonyl (C=O) groups excluding carboxylic acids is 1. The van der Waals surface area contributed by atoms with Gasteiger partial charge in [-0.25, -0.2) is 14.6 Å². The lowest BCUT2D eigenvalue weighted by atomic mass is 10.1. The second kappa shape index (κ2) is 4.44. The molecule has 0 spiro atoms. The third-order valence-corrected chi connectivity index (χ3v) is 1.94. The Morgan fingerprint density at radius 3 is 2.35 bits per heavy atom. The molecule has 86 valence electrons. The van der Waals surface area contributed by atoms with Crippen LogP contribution < -0.4 is 4.84 Å². The molecule has 0 radical (unpaired) electrons. The maximum absolute atomic E-state index is 11.5. The number of hydrogen-bond donors (Lipinski definition) is 1. The number of rotatable bonds is 3. The molecule has 1 aromatic carbocycles. The normalized spacial score (nSPS) is 9.88. The molecule has 7 heteroatoms. The zero-order valence-electron chi connectivity index (χ0n) is 8.48. The van der Waals surface area contributed by atoms with Crippen LogP contribution in [0.2, 0.25) is 0 Å². The van der Waals surface area contributed by atoms with E-state index in [0.29, 0.717) is 0 Å². The van der Waals surface area contributed by atoms with Crippen LogP contribution in [0.3, 0.4) is 0 Å². The van der Waals surface area contributed by atoms with Crippen LogP contribution in [0.15, 0.2) is 36.9 Å². The number of carboxylic acids is 1. The summed E-state index contributed by atoms with van der Waals surface area (Å²) < 4.78 is 0. The molecule has 17 heavy (non-hydrogen) atoms. The van der Waals surface area contributed by atoms with Crippen molar-refractivity contribution in [1.29, 1.82) is 0 Å². The summed E-state index contributed by atoms with van der Waals surface area (Å²) >= 11 is 0. The van der Waals surface area contributed by atoms with Gasteiger partial charge in [-0.2, -0.15) is 0 Å². The molecule has 1 heterocycles. The standard InChI is InChI=1S/C10H7N3O4/c14-9(15)7-1-3-8(4-2-7)10(16)17-13-6-11-5-12-13/h1-6H,(H,14,15). The fraction of sp³-hybridized carbons (Fsp3) is 0. The summed E-state index contributed by atoms with van der Waals surface area (Å²) in [6.45, 7) is 0. The summed E-state index contributed by atoms with van der Waals surface area (Å²) in [6, 6.07) is 5.37. The maximum atomic E-state index is 11.5. The van der Waals surface area contributed by atoms with Gasteiger partial charge < -0.3 is 9.94 Å². The summed E-state index contributed by atoms with van der Waals surface area (Å²) in [6.07, 6.45) is 2.45. The Hall–Kier alpha value is -2.70. The predicted octanol–water partition coefficient (Wildman–Crippen LogP) is 0.245. The van der Waals surface area contributed by atoms with Crippen molar-refractivity contribution in [1.82, 2.24) is 14.9 Å². The largest absolute Gasteiger partial charge is 0.478 e. The molecular weight excluding hydrogens is 226 g/mol. The Bertz CT molecular complexity index is 533. The molecule has 0 unspecified atom stereocenters. The molecule has 7 nitrogen and oxygen atoms in total. The number of carboxylic acid groups (broad SMARTS) is 1. The number of hydrogen-bond acceptors (Lipinski definition) is 5. The SMILES string of the molecule is O=C(O)c1ccc(C(=O)On2cncn2)cc1. The van der Waals surface area contributed by atoms with E-state index in [2.05, 4.69) is 10.1 Å². The second-order valence-electron chi connectivity index (χ2n) is 3.06. The lowest BCUT2D eigenvalue weighted by Crippen LogP contribution is -2.20. The fourth-order valence-corrected chi connectivity index (χ4v) is 1.13. The molecule has 1 aromatic heterocycles. The molecule has 0 atom stereocenters. The van der Waals surface area contributed by atoms with E-state index in [1.807, 2.05) is 0 Å². The molecule has 0 aliphatic heterocycles. The minimum Gasteiger partial charge on any atom is -0.478 e. The Morgan fingerprint density at radius 2 is 1.82 bits per heavy atom. The lowest BCUT2D eigenvalue weighted by molar-refractivity contribution is 0.0392. The average Bonchev–Trinajstić information content (AvgIpc) is 2.82. The van der Waals surface area contributed by atoms with Gasteiger partial charge in [-0.1, -0.05) is 4.85 Å². The molecule has 1 N–H and O–H groups in total. The number of nitrogens with zero attached hydrogens (tertiary/aromatic N) is 3. The van der Waals surface area contributed by atoms with Crippen molar-refractivity contribution >= 4 is 11.9 Å². The molecule has 0 aliphatic carbocycles. The molecule has 0 saturated heterocycles. The van der Waals surface area contributed by atoms with Gasteiger partial charge in [0.2, 0.25) is 0 Å². The molecule has 0 aliphatic rings. The van der Waals surface area contributed by atoms with Gasteiger partial charge in [-0.3, -0.25) is 0 Å². The number of benzene rings is 1. The zero-order valence-corrected chi connectivity index (χ0v) is 8.48. The Kier molecular flexibility index (Phi) is 2.82. The molecule has 0 bridgehead atoms. The van der Waals surface area contributed by atoms with Crippen molar-refractivity contribution in [2.45, 2.75) is 0 Å². The monoisotopic (exact) mass is 233 g/mol. The zero-order chi connectivity index (χ0) is 12.3. The van der Waals surface area contributed by atoms with Gasteiger partial charge in [0.1, 0.15) is 6.33 Å². The first-order valence-corrected chi connectivity index (χ1v) is 4.57. The van der Waals surface area contributed by atoms with Gasteiger partial charge in [0, 0.05) is 0 Å². The molecule has 2 aromatic rings. The van der Waals surface area contributed by atoms with E-state index < -0.39 is 11.9 Å².